The second-order valence-electron chi connectivity index (χ2n) is 4.26. The average Bonchev–Trinajstić information content (AvgIpc) is 2.46. The van der Waals surface area contributed by atoms with Crippen LogP contribution in [-0.4, -0.2) is 12.9 Å². The normalized spacial score (nSPS) is 11.3. The number of carbonyl (C=O) groups is 1. The molecule has 0 amide bonds. The predicted molar refractivity (Wildman–Crippen MR) is 72.9 cm³/mol. The molecule has 2 nitrogen and oxygen atoms in total. The molecule has 0 aliphatic carbocycles. The molecule has 0 bridgehead atoms. The number of rotatable bonds is 3. The van der Waals surface area contributed by atoms with Crippen LogP contribution in [0, 0.1) is 0 Å². The molecular formula is C15H10ClF3O2. The van der Waals surface area contributed by atoms with Gasteiger partial charge in [0.05, 0.1) is 17.7 Å². The first kappa shape index (κ1) is 15.4. The Balaban J connectivity index is 2.41. The van der Waals surface area contributed by atoms with Gasteiger partial charge in [-0.2, -0.15) is 13.2 Å². The van der Waals surface area contributed by atoms with Crippen LogP contribution in [0.3, 0.4) is 0 Å². The van der Waals surface area contributed by atoms with Gasteiger partial charge in [-0.3, -0.25) is 4.79 Å². The van der Waals surface area contributed by atoms with E-state index in [4.69, 9.17) is 16.3 Å². The second-order valence-corrected chi connectivity index (χ2v) is 4.66. The van der Waals surface area contributed by atoms with E-state index in [-0.39, 0.29) is 16.9 Å². The van der Waals surface area contributed by atoms with Crippen molar-refractivity contribution in [1.29, 1.82) is 0 Å². The van der Waals surface area contributed by atoms with Gasteiger partial charge in [0, 0.05) is 11.1 Å². The highest BCUT2D eigenvalue weighted by molar-refractivity contribution is 6.32. The summed E-state index contributed by atoms with van der Waals surface area (Å²) in [5.74, 6) is -0.245. The first-order chi connectivity index (χ1) is 9.82. The van der Waals surface area contributed by atoms with Gasteiger partial charge in [-0.05, 0) is 30.3 Å². The van der Waals surface area contributed by atoms with Crippen molar-refractivity contribution in [2.75, 3.05) is 7.11 Å². The van der Waals surface area contributed by atoms with E-state index in [1.54, 1.807) is 0 Å². The topological polar surface area (TPSA) is 26.3 Å². The lowest BCUT2D eigenvalue weighted by atomic mass is 10.0. The minimum Gasteiger partial charge on any atom is -0.495 e. The third-order valence-corrected chi connectivity index (χ3v) is 3.18. The van der Waals surface area contributed by atoms with Crippen molar-refractivity contribution in [3.63, 3.8) is 0 Å². The summed E-state index contributed by atoms with van der Waals surface area (Å²) >= 11 is 5.85. The zero-order chi connectivity index (χ0) is 15.6. The van der Waals surface area contributed by atoms with Gasteiger partial charge in [0.25, 0.3) is 0 Å². The summed E-state index contributed by atoms with van der Waals surface area (Å²) in [6.45, 7) is 0. The van der Waals surface area contributed by atoms with Gasteiger partial charge in [0.15, 0.2) is 5.78 Å². The molecule has 110 valence electrons. The number of halogens is 4. The van der Waals surface area contributed by atoms with Crippen LogP contribution >= 0.6 is 11.6 Å². The van der Waals surface area contributed by atoms with Crippen molar-refractivity contribution >= 4 is 17.4 Å². The van der Waals surface area contributed by atoms with Gasteiger partial charge in [-0.1, -0.05) is 23.7 Å². The van der Waals surface area contributed by atoms with Gasteiger partial charge in [0.1, 0.15) is 5.75 Å². The number of hydrogen-bond donors (Lipinski definition) is 0. The van der Waals surface area contributed by atoms with Crippen molar-refractivity contribution < 1.29 is 22.7 Å². The number of ketones is 1. The monoisotopic (exact) mass is 314 g/mol. The van der Waals surface area contributed by atoms with Crippen LogP contribution in [0.25, 0.3) is 0 Å². The Bertz CT molecular complexity index is 681. The zero-order valence-electron chi connectivity index (χ0n) is 10.9. The summed E-state index contributed by atoms with van der Waals surface area (Å²) in [7, 11) is 1.39. The maximum atomic E-state index is 12.7. The average molecular weight is 315 g/mol. The molecule has 0 spiro atoms. The van der Waals surface area contributed by atoms with Crippen molar-refractivity contribution in [1.82, 2.24) is 0 Å². The van der Waals surface area contributed by atoms with E-state index >= 15 is 0 Å². The van der Waals surface area contributed by atoms with E-state index in [9.17, 15) is 18.0 Å². The van der Waals surface area contributed by atoms with Crippen molar-refractivity contribution in [3.05, 3.63) is 64.2 Å². The quantitative estimate of drug-likeness (QED) is 0.774. The molecule has 0 heterocycles. The lowest BCUT2D eigenvalue weighted by Gasteiger charge is -2.09. The Hall–Kier alpha value is -2.01. The highest BCUT2D eigenvalue weighted by Gasteiger charge is 2.31. The van der Waals surface area contributed by atoms with Gasteiger partial charge in [-0.15, -0.1) is 0 Å². The molecule has 2 aromatic carbocycles. The summed E-state index contributed by atoms with van der Waals surface area (Å²) in [5.41, 5.74) is -0.709. The maximum Gasteiger partial charge on any atom is 0.416 e. The van der Waals surface area contributed by atoms with E-state index in [0.29, 0.717) is 5.02 Å². The standard InChI is InChI=1S/C15H10ClF3O2/c1-21-13-8-10(5-6-12(13)16)14(20)9-3-2-4-11(7-9)15(17,18)19/h2-8H,1H3. The van der Waals surface area contributed by atoms with Crippen molar-refractivity contribution in [2.45, 2.75) is 6.18 Å². The Morgan fingerprint density at radius 1 is 1.10 bits per heavy atom. The number of hydrogen-bond acceptors (Lipinski definition) is 2. The van der Waals surface area contributed by atoms with E-state index in [1.165, 1.54) is 37.4 Å². The van der Waals surface area contributed by atoms with E-state index in [0.717, 1.165) is 12.1 Å². The molecule has 0 atom stereocenters. The Morgan fingerprint density at radius 2 is 1.76 bits per heavy atom. The Kier molecular flexibility index (Phi) is 4.23. The van der Waals surface area contributed by atoms with Crippen LogP contribution in [0.15, 0.2) is 42.5 Å². The van der Waals surface area contributed by atoms with Gasteiger partial charge < -0.3 is 4.74 Å². The van der Waals surface area contributed by atoms with Crippen LogP contribution in [0.1, 0.15) is 21.5 Å². The number of benzene rings is 2. The van der Waals surface area contributed by atoms with Gasteiger partial charge in [0.2, 0.25) is 0 Å². The number of carbonyl (C=O) groups excluding carboxylic acids is 1. The molecule has 0 saturated heterocycles. The van der Waals surface area contributed by atoms with Crippen LogP contribution in [0.5, 0.6) is 5.75 Å². The highest BCUT2D eigenvalue weighted by atomic mass is 35.5. The fourth-order valence-corrected chi connectivity index (χ4v) is 2.00. The molecule has 2 aromatic rings. The predicted octanol–water partition coefficient (Wildman–Crippen LogP) is 4.60. The SMILES string of the molecule is COc1cc(C(=O)c2cccc(C(F)(F)F)c2)ccc1Cl. The van der Waals surface area contributed by atoms with Crippen LogP contribution in [0.2, 0.25) is 5.02 Å². The fourth-order valence-electron chi connectivity index (χ4n) is 1.80. The summed E-state index contributed by atoms with van der Waals surface area (Å²) in [6, 6.07) is 8.56. The summed E-state index contributed by atoms with van der Waals surface area (Å²) in [6.07, 6.45) is -4.49. The van der Waals surface area contributed by atoms with E-state index in [2.05, 4.69) is 0 Å². The highest BCUT2D eigenvalue weighted by Crippen LogP contribution is 2.31. The third kappa shape index (κ3) is 3.36. The number of alkyl halides is 3. The minimum atomic E-state index is -4.49. The molecule has 0 fully saturated rings. The smallest absolute Gasteiger partial charge is 0.416 e. The molecule has 6 heteroatoms. The minimum absolute atomic E-state index is 0.0470. The first-order valence-corrected chi connectivity index (χ1v) is 6.26. The van der Waals surface area contributed by atoms with Gasteiger partial charge in [-0.25, -0.2) is 0 Å². The molecule has 0 aliphatic heterocycles. The first-order valence-electron chi connectivity index (χ1n) is 5.88. The van der Waals surface area contributed by atoms with Gasteiger partial charge >= 0.3 is 6.18 Å². The zero-order valence-corrected chi connectivity index (χ0v) is 11.6. The summed E-state index contributed by atoms with van der Waals surface area (Å²) in [5, 5.41) is 0.318. The number of ether oxygens (including phenoxy) is 1. The molecule has 0 saturated carbocycles. The van der Waals surface area contributed by atoms with Crippen LogP contribution < -0.4 is 4.74 Å². The van der Waals surface area contributed by atoms with Crippen LogP contribution in [-0.2, 0) is 6.18 Å². The maximum absolute atomic E-state index is 12.7. The molecular weight excluding hydrogens is 305 g/mol. The van der Waals surface area contributed by atoms with E-state index in [1.807, 2.05) is 0 Å². The molecule has 2 rings (SSSR count). The lowest BCUT2D eigenvalue weighted by molar-refractivity contribution is -0.137. The molecule has 0 N–H and O–H groups in total. The third-order valence-electron chi connectivity index (χ3n) is 2.87. The summed E-state index contributed by atoms with van der Waals surface area (Å²) < 4.78 is 43.0. The Morgan fingerprint density at radius 3 is 2.38 bits per heavy atom. The van der Waals surface area contributed by atoms with Crippen LogP contribution in [0.4, 0.5) is 13.2 Å². The van der Waals surface area contributed by atoms with Crippen molar-refractivity contribution in [2.24, 2.45) is 0 Å². The van der Waals surface area contributed by atoms with E-state index < -0.39 is 17.5 Å². The molecule has 0 aliphatic rings. The molecule has 21 heavy (non-hydrogen) atoms. The Labute approximate surface area is 124 Å². The molecule has 0 unspecified atom stereocenters. The number of methoxy groups -OCH3 is 1. The fraction of sp³-hybridized carbons (Fsp3) is 0.133. The summed E-state index contributed by atoms with van der Waals surface area (Å²) in [4.78, 5) is 12.2. The molecule has 0 radical (unpaired) electrons. The lowest BCUT2D eigenvalue weighted by Crippen LogP contribution is -2.08. The van der Waals surface area contributed by atoms with Crippen molar-refractivity contribution in [3.8, 4) is 5.75 Å². The largest absolute Gasteiger partial charge is 0.495 e. The molecule has 0 aromatic heterocycles. The second kappa shape index (κ2) is 5.77.